The lowest BCUT2D eigenvalue weighted by Crippen LogP contribution is -2.52. The third-order valence-electron chi connectivity index (χ3n) is 7.64. The number of piperazine rings is 1. The molecule has 15 nitrogen and oxygen atoms in total. The van der Waals surface area contributed by atoms with Crippen LogP contribution in [0.1, 0.15) is 32.6 Å². The van der Waals surface area contributed by atoms with Crippen molar-refractivity contribution in [2.24, 2.45) is 0 Å². The summed E-state index contributed by atoms with van der Waals surface area (Å²) in [5.74, 6) is 2.40. The van der Waals surface area contributed by atoms with Gasteiger partial charge in [0.25, 0.3) is 5.91 Å². The van der Waals surface area contributed by atoms with Gasteiger partial charge in [-0.15, -0.1) is 0 Å². The zero-order valence-corrected chi connectivity index (χ0v) is 22.5. The Bertz CT molecular complexity index is 1340. The monoisotopic (exact) mass is 548 g/mol. The molecule has 0 spiro atoms. The molecule has 3 aromatic heterocycles. The van der Waals surface area contributed by atoms with Crippen molar-refractivity contribution in [1.82, 2.24) is 40.0 Å². The van der Waals surface area contributed by atoms with E-state index in [0.29, 0.717) is 62.8 Å². The summed E-state index contributed by atoms with van der Waals surface area (Å²) >= 11 is 0. The molecule has 3 aliphatic rings. The van der Waals surface area contributed by atoms with Crippen LogP contribution in [0.2, 0.25) is 0 Å². The third-order valence-corrected chi connectivity index (χ3v) is 7.64. The normalized spacial score (nSPS) is 20.9. The van der Waals surface area contributed by atoms with Crippen molar-refractivity contribution in [2.45, 2.75) is 44.2 Å². The summed E-state index contributed by atoms with van der Waals surface area (Å²) in [4.78, 5) is 56.3. The highest BCUT2D eigenvalue weighted by Crippen LogP contribution is 2.39. The molecule has 0 radical (unpaired) electrons. The van der Waals surface area contributed by atoms with E-state index in [2.05, 4.69) is 30.4 Å². The molecule has 3 aromatic rings. The van der Waals surface area contributed by atoms with Gasteiger partial charge >= 0.3 is 6.09 Å². The van der Waals surface area contributed by atoms with Crippen LogP contribution in [0.5, 0.6) is 0 Å². The van der Waals surface area contributed by atoms with Crippen molar-refractivity contribution < 1.29 is 14.3 Å². The maximum absolute atomic E-state index is 13.6. The van der Waals surface area contributed by atoms with E-state index in [1.807, 2.05) is 22.8 Å². The number of aromatic nitrogens is 7. The van der Waals surface area contributed by atoms with Crippen LogP contribution in [0.4, 0.5) is 34.3 Å². The van der Waals surface area contributed by atoms with Crippen LogP contribution in [0, 0.1) is 0 Å². The molecule has 3 fully saturated rings. The SMILES string of the molecule is COC(=O)N1CCN(c2nc(N(c3ccn[nH]3)C3CC3)nc(N3CCCC3(C)C(=O)Nc3cnccn3)n2)CC1. The van der Waals surface area contributed by atoms with Crippen LogP contribution in [0.25, 0.3) is 0 Å². The van der Waals surface area contributed by atoms with Crippen molar-refractivity contribution in [2.75, 3.05) is 59.9 Å². The average molecular weight is 549 g/mol. The molecule has 40 heavy (non-hydrogen) atoms. The number of hydrogen-bond acceptors (Lipinski definition) is 12. The first-order chi connectivity index (χ1) is 19.5. The largest absolute Gasteiger partial charge is 0.453 e. The van der Waals surface area contributed by atoms with E-state index in [1.165, 1.54) is 19.5 Å². The Kier molecular flexibility index (Phi) is 6.77. The molecule has 2 N–H and O–H groups in total. The fraction of sp³-hybridized carbons (Fsp3) is 0.520. The molecule has 1 saturated carbocycles. The lowest BCUT2D eigenvalue weighted by atomic mass is 9.98. The molecule has 15 heteroatoms. The van der Waals surface area contributed by atoms with Crippen molar-refractivity contribution >= 4 is 41.5 Å². The van der Waals surface area contributed by atoms with Crippen LogP contribution in [-0.2, 0) is 9.53 Å². The zero-order valence-electron chi connectivity index (χ0n) is 22.5. The Hall–Kier alpha value is -4.56. The van der Waals surface area contributed by atoms with Gasteiger partial charge in [0.1, 0.15) is 11.4 Å². The molecule has 2 aliphatic heterocycles. The number of carbonyl (C=O) groups is 2. The van der Waals surface area contributed by atoms with E-state index in [1.54, 1.807) is 17.3 Å². The highest BCUT2D eigenvalue weighted by molar-refractivity contribution is 5.99. The Morgan fingerprint density at radius 2 is 1.88 bits per heavy atom. The van der Waals surface area contributed by atoms with Gasteiger partial charge in [0, 0.05) is 57.2 Å². The second-order valence-corrected chi connectivity index (χ2v) is 10.3. The average Bonchev–Trinajstić information content (AvgIpc) is 3.50. The maximum Gasteiger partial charge on any atom is 0.409 e. The predicted octanol–water partition coefficient (Wildman–Crippen LogP) is 1.57. The summed E-state index contributed by atoms with van der Waals surface area (Å²) in [6.07, 6.45) is 9.41. The predicted molar refractivity (Wildman–Crippen MR) is 145 cm³/mol. The molecule has 0 aromatic carbocycles. The molecule has 1 aliphatic carbocycles. The first-order valence-corrected chi connectivity index (χ1v) is 13.4. The Morgan fingerprint density at radius 3 is 2.55 bits per heavy atom. The standard InChI is InChI=1S/C25H32N12O3/c1-25(20(38)29-18-16-26-9-10-27-18)7-3-11-36(25)22-30-21(34-12-14-35(15-13-34)24(39)40-2)31-23(32-22)37(17-4-5-17)19-6-8-28-33-19/h6,8-10,16-17H,3-5,7,11-15H2,1-2H3,(H,28,33)(H,27,29,38). The quantitative estimate of drug-likeness (QED) is 0.439. The second kappa shape index (κ2) is 10.5. The Morgan fingerprint density at radius 1 is 1.07 bits per heavy atom. The van der Waals surface area contributed by atoms with E-state index >= 15 is 0 Å². The smallest absolute Gasteiger partial charge is 0.409 e. The van der Waals surface area contributed by atoms with Gasteiger partial charge in [-0.2, -0.15) is 20.1 Å². The molecule has 2 saturated heterocycles. The number of methoxy groups -OCH3 is 1. The molecule has 0 bridgehead atoms. The molecule has 210 valence electrons. The molecule has 1 atom stereocenters. The van der Waals surface area contributed by atoms with E-state index in [9.17, 15) is 9.59 Å². The number of rotatable bonds is 7. The van der Waals surface area contributed by atoms with Crippen LogP contribution >= 0.6 is 0 Å². The van der Waals surface area contributed by atoms with Gasteiger partial charge in [-0.25, -0.2) is 9.78 Å². The molecular formula is C25H32N12O3. The summed E-state index contributed by atoms with van der Waals surface area (Å²) in [6.45, 7) is 4.55. The fourth-order valence-corrected chi connectivity index (χ4v) is 5.25. The summed E-state index contributed by atoms with van der Waals surface area (Å²) in [5.41, 5.74) is -0.907. The number of ether oxygens (including phenoxy) is 1. The topological polar surface area (TPSA) is 161 Å². The molecule has 6 rings (SSSR count). The van der Waals surface area contributed by atoms with E-state index < -0.39 is 5.54 Å². The minimum atomic E-state index is -0.907. The van der Waals surface area contributed by atoms with E-state index in [0.717, 1.165) is 25.1 Å². The van der Waals surface area contributed by atoms with Gasteiger partial charge in [0.2, 0.25) is 17.8 Å². The van der Waals surface area contributed by atoms with Gasteiger partial charge in [-0.3, -0.25) is 19.8 Å². The van der Waals surface area contributed by atoms with Gasteiger partial charge in [0.05, 0.1) is 19.5 Å². The maximum atomic E-state index is 13.6. The van der Waals surface area contributed by atoms with Crippen molar-refractivity contribution in [1.29, 1.82) is 0 Å². The van der Waals surface area contributed by atoms with Gasteiger partial charge in [-0.05, 0) is 32.6 Å². The lowest BCUT2D eigenvalue weighted by molar-refractivity contribution is -0.120. The van der Waals surface area contributed by atoms with Gasteiger partial charge in [-0.1, -0.05) is 0 Å². The van der Waals surface area contributed by atoms with Crippen LogP contribution in [-0.4, -0.2) is 103 Å². The molecule has 1 unspecified atom stereocenters. The first kappa shape index (κ1) is 25.7. The number of H-pyrrole nitrogens is 1. The van der Waals surface area contributed by atoms with Crippen LogP contribution < -0.4 is 20.0 Å². The first-order valence-electron chi connectivity index (χ1n) is 13.4. The number of nitrogens with zero attached hydrogens (tertiary/aromatic N) is 10. The molecular weight excluding hydrogens is 516 g/mol. The molecule has 2 amide bonds. The van der Waals surface area contributed by atoms with Gasteiger partial charge < -0.3 is 24.8 Å². The van der Waals surface area contributed by atoms with E-state index in [-0.39, 0.29) is 18.0 Å². The number of aromatic amines is 1. The highest BCUT2D eigenvalue weighted by atomic mass is 16.5. The van der Waals surface area contributed by atoms with Crippen LogP contribution in [0.15, 0.2) is 30.9 Å². The number of hydrogen-bond donors (Lipinski definition) is 2. The summed E-state index contributed by atoms with van der Waals surface area (Å²) in [5, 5.41) is 10.1. The number of nitrogens with one attached hydrogen (secondary N) is 2. The summed E-state index contributed by atoms with van der Waals surface area (Å²) < 4.78 is 4.89. The number of anilines is 5. The number of carbonyl (C=O) groups excluding carboxylic acids is 2. The van der Waals surface area contributed by atoms with Crippen LogP contribution in [0.3, 0.4) is 0 Å². The summed E-state index contributed by atoms with van der Waals surface area (Å²) in [6, 6.07) is 2.13. The third kappa shape index (κ3) is 4.94. The van der Waals surface area contributed by atoms with Gasteiger partial charge in [0.15, 0.2) is 5.82 Å². The lowest BCUT2D eigenvalue weighted by Gasteiger charge is -2.36. The van der Waals surface area contributed by atoms with Crippen molar-refractivity contribution in [3.05, 3.63) is 30.9 Å². The zero-order chi connectivity index (χ0) is 27.7. The minimum Gasteiger partial charge on any atom is -0.453 e. The van der Waals surface area contributed by atoms with Crippen molar-refractivity contribution in [3.8, 4) is 0 Å². The van der Waals surface area contributed by atoms with Crippen molar-refractivity contribution in [3.63, 3.8) is 0 Å². The highest BCUT2D eigenvalue weighted by Gasteiger charge is 2.46. The molecule has 5 heterocycles. The Balaban J connectivity index is 1.35. The fourth-order valence-electron chi connectivity index (χ4n) is 5.25. The number of amides is 2. The minimum absolute atomic E-state index is 0.201. The van der Waals surface area contributed by atoms with E-state index in [4.69, 9.17) is 19.7 Å². The second-order valence-electron chi connectivity index (χ2n) is 10.3. The summed E-state index contributed by atoms with van der Waals surface area (Å²) in [7, 11) is 1.38. The Labute approximate surface area is 231 Å².